The second-order valence-corrected chi connectivity index (χ2v) is 7.49. The van der Waals surface area contributed by atoms with Gasteiger partial charge in [0.1, 0.15) is 0 Å². The van der Waals surface area contributed by atoms with E-state index < -0.39 is 0 Å². The van der Waals surface area contributed by atoms with Crippen LogP contribution in [0.25, 0.3) is 0 Å². The van der Waals surface area contributed by atoms with Gasteiger partial charge in [-0.05, 0) is 32.2 Å². The molecule has 3 atom stereocenters. The average molecular weight is 297 g/mol. The van der Waals surface area contributed by atoms with Crippen LogP contribution in [0, 0.1) is 5.92 Å². The van der Waals surface area contributed by atoms with Crippen LogP contribution in [0.1, 0.15) is 86.0 Å². The van der Waals surface area contributed by atoms with Crippen molar-refractivity contribution < 1.29 is 0 Å². The van der Waals surface area contributed by atoms with E-state index in [-0.39, 0.29) is 0 Å². The number of piperazine rings is 1. The molecule has 1 N–H and O–H groups in total. The summed E-state index contributed by atoms with van der Waals surface area (Å²) in [5, 5.41) is 3.82. The minimum absolute atomic E-state index is 0.326. The lowest BCUT2D eigenvalue weighted by atomic mass is 9.88. The molecule has 1 fully saturated rings. The summed E-state index contributed by atoms with van der Waals surface area (Å²) >= 11 is 0. The third-order valence-corrected chi connectivity index (χ3v) is 5.64. The molecule has 0 saturated carbocycles. The van der Waals surface area contributed by atoms with Crippen molar-refractivity contribution in [2.75, 3.05) is 19.6 Å². The third kappa shape index (κ3) is 6.28. The van der Waals surface area contributed by atoms with Gasteiger partial charge in [-0.25, -0.2) is 0 Å². The molecule has 1 aliphatic heterocycles. The zero-order valence-electron chi connectivity index (χ0n) is 15.4. The molecule has 0 amide bonds. The molecule has 0 spiro atoms. The van der Waals surface area contributed by atoms with Crippen LogP contribution in [0.4, 0.5) is 0 Å². The Hall–Kier alpha value is -0.0800. The smallest absolute Gasteiger partial charge is 0.0278 e. The van der Waals surface area contributed by atoms with E-state index in [1.165, 1.54) is 71.0 Å². The summed E-state index contributed by atoms with van der Waals surface area (Å²) in [7, 11) is 0. The topological polar surface area (TPSA) is 15.3 Å². The maximum absolute atomic E-state index is 3.82. The van der Waals surface area contributed by atoms with Crippen LogP contribution in [0.5, 0.6) is 0 Å². The molecule has 0 aliphatic carbocycles. The van der Waals surface area contributed by atoms with Crippen LogP contribution in [-0.2, 0) is 0 Å². The third-order valence-electron chi connectivity index (χ3n) is 5.64. The highest BCUT2D eigenvalue weighted by Crippen LogP contribution is 2.24. The second-order valence-electron chi connectivity index (χ2n) is 7.49. The highest BCUT2D eigenvalue weighted by molar-refractivity contribution is 4.95. The summed E-state index contributed by atoms with van der Waals surface area (Å²) < 4.78 is 0. The minimum atomic E-state index is 0.326. The summed E-state index contributed by atoms with van der Waals surface area (Å²) in [6.07, 6.45) is 10.9. The van der Waals surface area contributed by atoms with Crippen LogP contribution in [0.3, 0.4) is 0 Å². The van der Waals surface area contributed by atoms with Gasteiger partial charge in [0.15, 0.2) is 0 Å². The predicted molar refractivity (Wildman–Crippen MR) is 94.9 cm³/mol. The molecule has 1 heterocycles. The number of hydrogen-bond donors (Lipinski definition) is 1. The van der Waals surface area contributed by atoms with Gasteiger partial charge in [0.25, 0.3) is 0 Å². The maximum Gasteiger partial charge on any atom is 0.0278 e. The molecule has 0 bridgehead atoms. The van der Waals surface area contributed by atoms with Gasteiger partial charge in [-0.3, -0.25) is 4.90 Å². The van der Waals surface area contributed by atoms with Crippen molar-refractivity contribution in [1.29, 1.82) is 0 Å². The molecule has 126 valence electrons. The molecular weight excluding hydrogens is 256 g/mol. The number of nitrogens with zero attached hydrogens (tertiary/aromatic N) is 1. The SMILES string of the molecule is CCCCCCCCN1CC(C)(CC)NCC1C(C)CC. The van der Waals surface area contributed by atoms with Crippen LogP contribution in [0.15, 0.2) is 0 Å². The van der Waals surface area contributed by atoms with Crippen molar-refractivity contribution in [2.45, 2.75) is 97.6 Å². The quantitative estimate of drug-likeness (QED) is 0.581. The first kappa shape index (κ1) is 19.0. The van der Waals surface area contributed by atoms with E-state index in [0.29, 0.717) is 5.54 Å². The molecule has 0 aromatic heterocycles. The van der Waals surface area contributed by atoms with Gasteiger partial charge < -0.3 is 5.32 Å². The van der Waals surface area contributed by atoms with Gasteiger partial charge >= 0.3 is 0 Å². The number of rotatable bonds is 10. The molecule has 0 radical (unpaired) electrons. The van der Waals surface area contributed by atoms with E-state index in [4.69, 9.17) is 0 Å². The number of hydrogen-bond acceptors (Lipinski definition) is 2. The van der Waals surface area contributed by atoms with Gasteiger partial charge in [-0.2, -0.15) is 0 Å². The standard InChI is InChI=1S/C19H40N2/c1-6-9-10-11-12-13-14-21-16-19(5,8-3)20-15-18(21)17(4)7-2/h17-18,20H,6-16H2,1-5H3. The van der Waals surface area contributed by atoms with Crippen LogP contribution in [-0.4, -0.2) is 36.1 Å². The van der Waals surface area contributed by atoms with E-state index in [0.717, 1.165) is 12.0 Å². The lowest BCUT2D eigenvalue weighted by Crippen LogP contribution is -2.64. The molecule has 0 aromatic rings. The van der Waals surface area contributed by atoms with Crippen LogP contribution in [0.2, 0.25) is 0 Å². The molecule has 0 aromatic carbocycles. The highest BCUT2D eigenvalue weighted by Gasteiger charge is 2.35. The maximum atomic E-state index is 3.82. The first-order valence-corrected chi connectivity index (χ1v) is 9.55. The molecule has 2 nitrogen and oxygen atoms in total. The highest BCUT2D eigenvalue weighted by atomic mass is 15.3. The molecule has 1 rings (SSSR count). The summed E-state index contributed by atoms with van der Waals surface area (Å²) in [6, 6.07) is 0.741. The Morgan fingerprint density at radius 2 is 1.76 bits per heavy atom. The van der Waals surface area contributed by atoms with E-state index >= 15 is 0 Å². The predicted octanol–water partition coefficient (Wildman–Crippen LogP) is 4.84. The monoisotopic (exact) mass is 296 g/mol. The molecular formula is C19H40N2. The average Bonchev–Trinajstić information content (AvgIpc) is 2.50. The van der Waals surface area contributed by atoms with Gasteiger partial charge in [-0.15, -0.1) is 0 Å². The van der Waals surface area contributed by atoms with E-state index in [1.807, 2.05) is 0 Å². The van der Waals surface area contributed by atoms with Crippen molar-refractivity contribution >= 4 is 0 Å². The Kier molecular flexibility index (Phi) is 8.89. The Bertz CT molecular complexity index is 266. The van der Waals surface area contributed by atoms with E-state index in [2.05, 4.69) is 44.8 Å². The molecule has 3 unspecified atom stereocenters. The van der Waals surface area contributed by atoms with Gasteiger partial charge in [-0.1, -0.05) is 66.2 Å². The number of unbranched alkanes of at least 4 members (excludes halogenated alkanes) is 5. The molecule has 21 heavy (non-hydrogen) atoms. The van der Waals surface area contributed by atoms with Gasteiger partial charge in [0, 0.05) is 24.7 Å². The Labute approximate surface area is 134 Å². The van der Waals surface area contributed by atoms with E-state index in [9.17, 15) is 0 Å². The summed E-state index contributed by atoms with van der Waals surface area (Å²) in [6.45, 7) is 15.5. The second kappa shape index (κ2) is 9.84. The summed E-state index contributed by atoms with van der Waals surface area (Å²) in [5.41, 5.74) is 0.326. The lowest BCUT2D eigenvalue weighted by Gasteiger charge is -2.48. The fraction of sp³-hybridized carbons (Fsp3) is 1.00. The van der Waals surface area contributed by atoms with Gasteiger partial charge in [0.05, 0.1) is 0 Å². The first-order chi connectivity index (χ1) is 10.1. The van der Waals surface area contributed by atoms with Crippen molar-refractivity contribution in [2.24, 2.45) is 5.92 Å². The van der Waals surface area contributed by atoms with Gasteiger partial charge in [0.2, 0.25) is 0 Å². The largest absolute Gasteiger partial charge is 0.309 e. The van der Waals surface area contributed by atoms with Crippen molar-refractivity contribution in [3.8, 4) is 0 Å². The lowest BCUT2D eigenvalue weighted by molar-refractivity contribution is 0.0536. The Morgan fingerprint density at radius 3 is 2.38 bits per heavy atom. The minimum Gasteiger partial charge on any atom is -0.309 e. The van der Waals surface area contributed by atoms with Crippen LogP contribution >= 0.6 is 0 Å². The number of nitrogens with one attached hydrogen (secondary N) is 1. The zero-order valence-corrected chi connectivity index (χ0v) is 15.4. The Balaban J connectivity index is 2.42. The molecule has 2 heteroatoms. The van der Waals surface area contributed by atoms with Crippen molar-refractivity contribution in [1.82, 2.24) is 10.2 Å². The first-order valence-electron chi connectivity index (χ1n) is 9.55. The normalized spacial score (nSPS) is 28.7. The Morgan fingerprint density at radius 1 is 1.10 bits per heavy atom. The van der Waals surface area contributed by atoms with Crippen molar-refractivity contribution in [3.63, 3.8) is 0 Å². The van der Waals surface area contributed by atoms with Crippen molar-refractivity contribution in [3.05, 3.63) is 0 Å². The van der Waals surface area contributed by atoms with E-state index in [1.54, 1.807) is 0 Å². The fourth-order valence-corrected chi connectivity index (χ4v) is 3.51. The molecule has 1 aliphatic rings. The van der Waals surface area contributed by atoms with Crippen LogP contribution < -0.4 is 5.32 Å². The zero-order chi connectivity index (χ0) is 15.7. The summed E-state index contributed by atoms with van der Waals surface area (Å²) in [4.78, 5) is 2.80. The fourth-order valence-electron chi connectivity index (χ4n) is 3.51. The molecule has 1 saturated heterocycles. The summed E-state index contributed by atoms with van der Waals surface area (Å²) in [5.74, 6) is 0.805.